The second-order valence-electron chi connectivity index (χ2n) is 4.58. The zero-order valence-electron chi connectivity index (χ0n) is 11.0. The molecular weight excluding hydrogens is 242 g/mol. The maximum absolute atomic E-state index is 12.1. The topological polar surface area (TPSA) is 68.5 Å². The van der Waals surface area contributed by atoms with Gasteiger partial charge in [0.05, 0.1) is 30.7 Å². The third-order valence-corrected chi connectivity index (χ3v) is 3.58. The van der Waals surface area contributed by atoms with Crippen molar-refractivity contribution in [1.29, 1.82) is 0 Å². The molecule has 0 aromatic heterocycles. The molecule has 2 N–H and O–H groups in total. The third-order valence-electron chi connectivity index (χ3n) is 3.58. The predicted molar refractivity (Wildman–Crippen MR) is 72.4 cm³/mol. The fourth-order valence-corrected chi connectivity index (χ4v) is 2.62. The van der Waals surface area contributed by atoms with Gasteiger partial charge < -0.3 is 9.84 Å². The number of aliphatic hydroxyl groups is 1. The van der Waals surface area contributed by atoms with E-state index in [-0.39, 0.29) is 18.6 Å². The van der Waals surface area contributed by atoms with Gasteiger partial charge in [-0.05, 0) is 12.5 Å². The summed E-state index contributed by atoms with van der Waals surface area (Å²) in [5, 5.41) is 12.6. The molecule has 1 saturated heterocycles. The van der Waals surface area contributed by atoms with Crippen molar-refractivity contribution in [2.24, 2.45) is 5.92 Å². The summed E-state index contributed by atoms with van der Waals surface area (Å²) in [6, 6.07) is 9.48. The average Bonchev–Trinajstić information content (AvgIpc) is 3.16. The Labute approximate surface area is 113 Å². The van der Waals surface area contributed by atoms with Crippen LogP contribution in [0.15, 0.2) is 43.0 Å². The maximum Gasteiger partial charge on any atom is 0.315 e. The van der Waals surface area contributed by atoms with Crippen LogP contribution in [0.3, 0.4) is 0 Å². The smallest absolute Gasteiger partial charge is 0.315 e. The Balaban J connectivity index is 2.35. The van der Waals surface area contributed by atoms with Gasteiger partial charge in [-0.3, -0.25) is 10.1 Å². The van der Waals surface area contributed by atoms with E-state index in [0.717, 1.165) is 5.56 Å². The third kappa shape index (κ3) is 2.29. The van der Waals surface area contributed by atoms with Crippen LogP contribution in [0.4, 0.5) is 0 Å². The molecule has 1 aromatic rings. The molecule has 0 aliphatic carbocycles. The molecule has 3 atom stereocenters. The van der Waals surface area contributed by atoms with Gasteiger partial charge in [0, 0.05) is 0 Å². The minimum absolute atomic E-state index is 0.0291. The maximum atomic E-state index is 12.1. The van der Waals surface area contributed by atoms with Gasteiger partial charge in [-0.2, -0.15) is 0 Å². The number of carbonyl (C=O) groups is 1. The molecule has 2 rings (SSSR count). The minimum Gasteiger partial charge on any atom is -0.465 e. The van der Waals surface area contributed by atoms with Gasteiger partial charge in [0.2, 0.25) is 0 Å². The molecule has 1 aromatic carbocycles. The number of esters is 1. The van der Waals surface area contributed by atoms with E-state index in [0.29, 0.717) is 6.61 Å². The summed E-state index contributed by atoms with van der Waals surface area (Å²) in [4.78, 5) is 12.1. The van der Waals surface area contributed by atoms with Gasteiger partial charge in [0.1, 0.15) is 0 Å². The van der Waals surface area contributed by atoms with Crippen LogP contribution in [-0.2, 0) is 15.1 Å². The van der Waals surface area contributed by atoms with Crippen molar-refractivity contribution in [3.05, 3.63) is 48.6 Å². The summed E-state index contributed by atoms with van der Waals surface area (Å²) < 4.78 is 5.10. The molecule has 0 spiro atoms. The second-order valence-corrected chi connectivity index (χ2v) is 4.58. The molecule has 102 valence electrons. The normalized spacial score (nSPS) is 26.5. The van der Waals surface area contributed by atoms with Crippen LogP contribution in [0.1, 0.15) is 12.5 Å². The quantitative estimate of drug-likeness (QED) is 0.459. The number of rotatable bonds is 6. The fourth-order valence-electron chi connectivity index (χ4n) is 2.62. The summed E-state index contributed by atoms with van der Waals surface area (Å²) in [5.74, 6) is -0.822. The second kappa shape index (κ2) is 5.55. The van der Waals surface area contributed by atoms with Gasteiger partial charge in [0.15, 0.2) is 0 Å². The van der Waals surface area contributed by atoms with Crippen LogP contribution in [0.2, 0.25) is 0 Å². The Morgan fingerprint density at radius 2 is 2.26 bits per heavy atom. The lowest BCUT2D eigenvalue weighted by Gasteiger charge is -2.22. The molecule has 1 fully saturated rings. The largest absolute Gasteiger partial charge is 0.465 e. The molecule has 1 aliphatic heterocycles. The Morgan fingerprint density at radius 3 is 2.74 bits per heavy atom. The molecule has 4 nitrogen and oxygen atoms in total. The van der Waals surface area contributed by atoms with Gasteiger partial charge in [0.25, 0.3) is 0 Å². The van der Waals surface area contributed by atoms with E-state index in [1.807, 2.05) is 30.3 Å². The predicted octanol–water partition coefficient (Wildman–Crippen LogP) is 1.21. The van der Waals surface area contributed by atoms with Crippen LogP contribution >= 0.6 is 0 Å². The highest BCUT2D eigenvalue weighted by molar-refractivity contribution is 5.78. The van der Waals surface area contributed by atoms with E-state index in [1.165, 1.54) is 0 Å². The molecule has 1 heterocycles. The number of aliphatic hydroxyl groups excluding tert-OH is 1. The van der Waals surface area contributed by atoms with Crippen molar-refractivity contribution in [1.82, 2.24) is 5.32 Å². The Bertz CT molecular complexity index is 460. The van der Waals surface area contributed by atoms with Crippen LogP contribution in [0.25, 0.3) is 0 Å². The zero-order valence-corrected chi connectivity index (χ0v) is 11.0. The van der Waals surface area contributed by atoms with E-state index in [2.05, 4.69) is 11.9 Å². The average molecular weight is 261 g/mol. The van der Waals surface area contributed by atoms with Gasteiger partial charge in [-0.1, -0.05) is 36.4 Å². The Kier molecular flexibility index (Phi) is 4.02. The number of nitrogens with one attached hydrogen (secondary N) is 1. The molecule has 1 aliphatic rings. The van der Waals surface area contributed by atoms with Crippen molar-refractivity contribution in [3.8, 4) is 0 Å². The first-order valence-corrected chi connectivity index (χ1v) is 6.44. The van der Waals surface area contributed by atoms with Gasteiger partial charge >= 0.3 is 5.97 Å². The number of carbonyl (C=O) groups excluding carboxylic acids is 1. The van der Waals surface area contributed by atoms with E-state index in [9.17, 15) is 9.90 Å². The van der Waals surface area contributed by atoms with E-state index < -0.39 is 11.5 Å². The lowest BCUT2D eigenvalue weighted by molar-refractivity contribution is -0.147. The monoisotopic (exact) mass is 261 g/mol. The molecular formula is C15H19NO3. The zero-order chi connectivity index (χ0) is 13.9. The lowest BCUT2D eigenvalue weighted by Crippen LogP contribution is -2.33. The summed E-state index contributed by atoms with van der Waals surface area (Å²) in [7, 11) is 0. The van der Waals surface area contributed by atoms with Crippen molar-refractivity contribution in [3.63, 3.8) is 0 Å². The highest BCUT2D eigenvalue weighted by Gasteiger charge is 2.61. The standard InChI is InChI=1S/C15H19NO3/c1-3-12(14(18)19-4-2)15(13(10-17)16-15)11-8-6-5-7-9-11/h3,5-9,12-13,16-17H,1,4,10H2,2H3/t12?,13-,15-/m0/s1. The van der Waals surface area contributed by atoms with E-state index in [4.69, 9.17) is 4.74 Å². The number of benzene rings is 1. The molecule has 0 radical (unpaired) electrons. The Morgan fingerprint density at radius 1 is 1.58 bits per heavy atom. The highest BCUT2D eigenvalue weighted by Crippen LogP contribution is 2.45. The number of hydrogen-bond acceptors (Lipinski definition) is 4. The van der Waals surface area contributed by atoms with Crippen LogP contribution in [0, 0.1) is 5.92 Å². The number of hydrogen-bond donors (Lipinski definition) is 2. The van der Waals surface area contributed by atoms with E-state index >= 15 is 0 Å². The SMILES string of the molecule is C=CC(C(=O)OCC)[C@]1(c2ccccc2)N[C@H]1CO. The lowest BCUT2D eigenvalue weighted by atomic mass is 9.82. The van der Waals surface area contributed by atoms with Gasteiger partial charge in [-0.15, -0.1) is 6.58 Å². The van der Waals surface area contributed by atoms with Crippen molar-refractivity contribution < 1.29 is 14.6 Å². The molecule has 0 bridgehead atoms. The fraction of sp³-hybridized carbons (Fsp3) is 0.400. The summed E-state index contributed by atoms with van der Waals surface area (Å²) >= 11 is 0. The van der Waals surface area contributed by atoms with Crippen molar-refractivity contribution >= 4 is 5.97 Å². The first kappa shape index (κ1) is 13.8. The Hall–Kier alpha value is -1.65. The van der Waals surface area contributed by atoms with Crippen LogP contribution in [0.5, 0.6) is 0 Å². The van der Waals surface area contributed by atoms with Crippen molar-refractivity contribution in [2.75, 3.05) is 13.2 Å². The molecule has 1 unspecified atom stereocenters. The van der Waals surface area contributed by atoms with Crippen molar-refractivity contribution in [2.45, 2.75) is 18.5 Å². The summed E-state index contributed by atoms with van der Waals surface area (Å²) in [6.45, 7) is 5.82. The van der Waals surface area contributed by atoms with E-state index in [1.54, 1.807) is 13.0 Å². The van der Waals surface area contributed by atoms with Crippen LogP contribution in [-0.4, -0.2) is 30.3 Å². The van der Waals surface area contributed by atoms with Gasteiger partial charge in [-0.25, -0.2) is 0 Å². The summed E-state index contributed by atoms with van der Waals surface area (Å²) in [6.07, 6.45) is 1.59. The molecule has 19 heavy (non-hydrogen) atoms. The molecule has 4 heteroatoms. The minimum atomic E-state index is -0.593. The summed E-state index contributed by atoms with van der Waals surface area (Å²) in [5.41, 5.74) is 0.372. The molecule has 0 saturated carbocycles. The first-order chi connectivity index (χ1) is 9.20. The highest BCUT2D eigenvalue weighted by atomic mass is 16.5. The first-order valence-electron chi connectivity index (χ1n) is 6.44. The number of ether oxygens (including phenoxy) is 1. The van der Waals surface area contributed by atoms with Crippen LogP contribution < -0.4 is 5.32 Å². The molecule has 0 amide bonds.